The number of ether oxygens (including phenoxy) is 2. The second-order valence-electron chi connectivity index (χ2n) is 8.00. The third-order valence-electron chi connectivity index (χ3n) is 5.15. The lowest BCUT2D eigenvalue weighted by Gasteiger charge is -2.33. The highest BCUT2D eigenvalue weighted by Crippen LogP contribution is 2.27. The molecule has 0 unspecified atom stereocenters. The summed E-state index contributed by atoms with van der Waals surface area (Å²) < 4.78 is 11.6. The number of hydrogen-bond acceptors (Lipinski definition) is 4. The summed E-state index contributed by atoms with van der Waals surface area (Å²) in [7, 11) is 0. The molecule has 2 aromatic rings. The molecule has 0 spiro atoms. The van der Waals surface area contributed by atoms with Crippen LogP contribution in [0.1, 0.15) is 36.5 Å². The summed E-state index contributed by atoms with van der Waals surface area (Å²) in [5.74, 6) is 1.02. The second-order valence-corrected chi connectivity index (χ2v) is 8.00. The summed E-state index contributed by atoms with van der Waals surface area (Å²) in [6.07, 6.45) is 0.00149. The maximum atomic E-state index is 12.3. The average molecular weight is 397 g/mol. The predicted molar refractivity (Wildman–Crippen MR) is 115 cm³/mol. The summed E-state index contributed by atoms with van der Waals surface area (Å²) in [6.45, 7) is 10.1. The van der Waals surface area contributed by atoms with E-state index in [1.54, 1.807) is 0 Å². The van der Waals surface area contributed by atoms with Crippen molar-refractivity contribution in [3.05, 3.63) is 65.2 Å². The lowest BCUT2D eigenvalue weighted by molar-refractivity contribution is -0.124. The topological polar surface area (TPSA) is 50.8 Å². The molecule has 0 saturated carbocycles. The summed E-state index contributed by atoms with van der Waals surface area (Å²) in [4.78, 5) is 14.7. The van der Waals surface area contributed by atoms with Gasteiger partial charge in [0.1, 0.15) is 5.75 Å². The quantitative estimate of drug-likeness (QED) is 0.742. The molecule has 0 aromatic heterocycles. The summed E-state index contributed by atoms with van der Waals surface area (Å²) in [6, 6.07) is 16.6. The fraction of sp³-hybridized carbons (Fsp3) is 0.458. The first-order chi connectivity index (χ1) is 14.0. The van der Waals surface area contributed by atoms with Gasteiger partial charge in [0.05, 0.1) is 12.7 Å². The lowest BCUT2D eigenvalue weighted by Crippen LogP contribution is -2.47. The molecule has 1 aliphatic heterocycles. The van der Waals surface area contributed by atoms with Gasteiger partial charge in [0.15, 0.2) is 6.61 Å². The molecule has 1 N–H and O–H groups in total. The number of morpholine rings is 1. The zero-order valence-corrected chi connectivity index (χ0v) is 17.7. The van der Waals surface area contributed by atoms with Crippen LogP contribution in [-0.4, -0.2) is 49.8 Å². The Labute approximate surface area is 174 Å². The van der Waals surface area contributed by atoms with Crippen molar-refractivity contribution in [3.8, 4) is 5.75 Å². The molecule has 1 aliphatic rings. The van der Waals surface area contributed by atoms with E-state index in [0.29, 0.717) is 19.1 Å². The standard InChI is InChI=1S/C24H32N2O3/c1-18(2)22-10-9-19(3)13-23(22)29-17-24(27)25-14-21-16-26(11-12-28-21)15-20-7-5-4-6-8-20/h4-10,13,18,21H,11-12,14-17H2,1-3H3,(H,25,27)/t21-/m0/s1. The third kappa shape index (κ3) is 6.58. The van der Waals surface area contributed by atoms with E-state index in [-0.39, 0.29) is 18.6 Å². The minimum absolute atomic E-state index is 0.00149. The molecule has 5 nitrogen and oxygen atoms in total. The van der Waals surface area contributed by atoms with Gasteiger partial charge in [0.2, 0.25) is 0 Å². The fourth-order valence-corrected chi connectivity index (χ4v) is 3.55. The van der Waals surface area contributed by atoms with Crippen molar-refractivity contribution in [1.29, 1.82) is 0 Å². The smallest absolute Gasteiger partial charge is 0.258 e. The number of benzene rings is 2. The van der Waals surface area contributed by atoms with Gasteiger partial charge >= 0.3 is 0 Å². The largest absolute Gasteiger partial charge is 0.483 e. The van der Waals surface area contributed by atoms with E-state index in [9.17, 15) is 4.79 Å². The molecule has 5 heteroatoms. The van der Waals surface area contributed by atoms with Gasteiger partial charge in [0.25, 0.3) is 5.91 Å². The Bertz CT molecular complexity index is 792. The zero-order valence-electron chi connectivity index (χ0n) is 17.7. The molecule has 1 amide bonds. The Morgan fingerprint density at radius 3 is 2.79 bits per heavy atom. The highest BCUT2D eigenvalue weighted by molar-refractivity contribution is 5.77. The van der Waals surface area contributed by atoms with Gasteiger partial charge in [-0.1, -0.05) is 56.3 Å². The van der Waals surface area contributed by atoms with Crippen LogP contribution in [0.3, 0.4) is 0 Å². The second kappa shape index (κ2) is 10.4. The van der Waals surface area contributed by atoms with Crippen LogP contribution >= 0.6 is 0 Å². The van der Waals surface area contributed by atoms with E-state index >= 15 is 0 Å². The van der Waals surface area contributed by atoms with Crippen molar-refractivity contribution >= 4 is 5.91 Å². The molecule has 1 saturated heterocycles. The van der Waals surface area contributed by atoms with Crippen LogP contribution in [0.2, 0.25) is 0 Å². The fourth-order valence-electron chi connectivity index (χ4n) is 3.55. The monoisotopic (exact) mass is 396 g/mol. The van der Waals surface area contributed by atoms with E-state index < -0.39 is 0 Å². The summed E-state index contributed by atoms with van der Waals surface area (Å²) >= 11 is 0. The molecule has 1 heterocycles. The molecule has 156 valence electrons. The molecule has 0 bridgehead atoms. The Hall–Kier alpha value is -2.37. The van der Waals surface area contributed by atoms with Gasteiger partial charge in [-0.25, -0.2) is 0 Å². The lowest BCUT2D eigenvalue weighted by atomic mass is 10.0. The molecule has 1 atom stereocenters. The summed E-state index contributed by atoms with van der Waals surface area (Å²) in [5.41, 5.74) is 3.54. The molecule has 1 fully saturated rings. The van der Waals surface area contributed by atoms with Crippen LogP contribution < -0.4 is 10.1 Å². The molecule has 2 aromatic carbocycles. The van der Waals surface area contributed by atoms with E-state index in [1.165, 1.54) is 5.56 Å². The summed E-state index contributed by atoms with van der Waals surface area (Å²) in [5, 5.41) is 2.95. The van der Waals surface area contributed by atoms with Crippen LogP contribution in [0.25, 0.3) is 0 Å². The molecular weight excluding hydrogens is 364 g/mol. The zero-order chi connectivity index (χ0) is 20.6. The van der Waals surface area contributed by atoms with Gasteiger partial charge < -0.3 is 14.8 Å². The van der Waals surface area contributed by atoms with Crippen molar-refractivity contribution in [1.82, 2.24) is 10.2 Å². The van der Waals surface area contributed by atoms with Gasteiger partial charge in [-0.3, -0.25) is 9.69 Å². The van der Waals surface area contributed by atoms with Crippen LogP contribution in [0.15, 0.2) is 48.5 Å². The number of carbonyl (C=O) groups is 1. The normalized spacial score (nSPS) is 17.3. The number of aryl methyl sites for hydroxylation is 1. The number of carbonyl (C=O) groups excluding carboxylic acids is 1. The third-order valence-corrected chi connectivity index (χ3v) is 5.15. The number of nitrogens with one attached hydrogen (secondary N) is 1. The van der Waals surface area contributed by atoms with Gasteiger partial charge in [-0.05, 0) is 35.6 Å². The molecule has 0 radical (unpaired) electrons. The Morgan fingerprint density at radius 1 is 1.24 bits per heavy atom. The maximum absolute atomic E-state index is 12.3. The molecule has 29 heavy (non-hydrogen) atoms. The SMILES string of the molecule is Cc1ccc(C(C)C)c(OCC(=O)NC[C@H]2CN(Cc3ccccc3)CCO2)c1. The highest BCUT2D eigenvalue weighted by atomic mass is 16.5. The van der Waals surface area contributed by atoms with Crippen molar-refractivity contribution < 1.29 is 14.3 Å². The van der Waals surface area contributed by atoms with Crippen molar-refractivity contribution in [3.63, 3.8) is 0 Å². The highest BCUT2D eigenvalue weighted by Gasteiger charge is 2.21. The van der Waals surface area contributed by atoms with Crippen molar-refractivity contribution in [2.45, 2.75) is 39.3 Å². The van der Waals surface area contributed by atoms with Crippen LogP contribution in [-0.2, 0) is 16.1 Å². The van der Waals surface area contributed by atoms with E-state index in [0.717, 1.165) is 36.5 Å². The van der Waals surface area contributed by atoms with Crippen molar-refractivity contribution in [2.75, 3.05) is 32.8 Å². The molecule has 0 aliphatic carbocycles. The number of nitrogens with zero attached hydrogens (tertiary/aromatic N) is 1. The maximum Gasteiger partial charge on any atom is 0.258 e. The van der Waals surface area contributed by atoms with E-state index in [1.807, 2.05) is 19.1 Å². The Kier molecular flexibility index (Phi) is 7.67. The first-order valence-electron chi connectivity index (χ1n) is 10.4. The number of rotatable bonds is 8. The Balaban J connectivity index is 1.44. The molecular formula is C24H32N2O3. The van der Waals surface area contributed by atoms with Gasteiger partial charge in [-0.15, -0.1) is 0 Å². The van der Waals surface area contributed by atoms with Crippen LogP contribution in [0.4, 0.5) is 0 Å². The van der Waals surface area contributed by atoms with Crippen LogP contribution in [0.5, 0.6) is 5.75 Å². The minimum Gasteiger partial charge on any atom is -0.483 e. The first-order valence-corrected chi connectivity index (χ1v) is 10.4. The minimum atomic E-state index is -0.120. The number of hydrogen-bond donors (Lipinski definition) is 1. The van der Waals surface area contributed by atoms with Gasteiger partial charge in [-0.2, -0.15) is 0 Å². The Morgan fingerprint density at radius 2 is 2.03 bits per heavy atom. The van der Waals surface area contributed by atoms with Crippen molar-refractivity contribution in [2.24, 2.45) is 0 Å². The first kappa shape index (κ1) is 21.3. The van der Waals surface area contributed by atoms with Crippen LogP contribution in [0, 0.1) is 6.92 Å². The van der Waals surface area contributed by atoms with E-state index in [4.69, 9.17) is 9.47 Å². The van der Waals surface area contributed by atoms with Gasteiger partial charge in [0, 0.05) is 26.2 Å². The number of amides is 1. The average Bonchev–Trinajstić information content (AvgIpc) is 2.71. The predicted octanol–water partition coefficient (Wildman–Crippen LogP) is 3.51. The molecule has 3 rings (SSSR count). The van der Waals surface area contributed by atoms with E-state index in [2.05, 4.69) is 60.5 Å².